The number of aromatic nitrogens is 2. The minimum atomic E-state index is -0.168. The van der Waals surface area contributed by atoms with Crippen LogP contribution in [0.5, 0.6) is 11.5 Å². The van der Waals surface area contributed by atoms with Gasteiger partial charge in [-0.2, -0.15) is 0 Å². The van der Waals surface area contributed by atoms with Gasteiger partial charge in [-0.25, -0.2) is 9.97 Å². The molecule has 34 heavy (non-hydrogen) atoms. The fraction of sp³-hybridized carbons (Fsp3) is 0.577. The van der Waals surface area contributed by atoms with Gasteiger partial charge in [0, 0.05) is 29.7 Å². The predicted octanol–water partition coefficient (Wildman–Crippen LogP) is 4.68. The van der Waals surface area contributed by atoms with Gasteiger partial charge in [0.25, 0.3) is 0 Å². The molecule has 0 atom stereocenters. The van der Waals surface area contributed by atoms with Crippen LogP contribution in [0.2, 0.25) is 0 Å². The number of hydrogen-bond donors (Lipinski definition) is 1. The SMILES string of the molecule is O=C(Nc1ncnc2c1CCN(Cc1cc3c(cc1Br)OCO3)C2)C12CC3CC(CC(C3)C1)C2. The molecule has 6 aliphatic rings. The maximum atomic E-state index is 13.6. The van der Waals surface area contributed by atoms with Crippen LogP contribution in [0, 0.1) is 23.2 Å². The highest BCUT2D eigenvalue weighted by Gasteiger charge is 2.54. The van der Waals surface area contributed by atoms with Gasteiger partial charge >= 0.3 is 0 Å². The van der Waals surface area contributed by atoms with Crippen molar-refractivity contribution in [2.24, 2.45) is 23.2 Å². The highest BCUT2D eigenvalue weighted by atomic mass is 79.9. The Hall–Kier alpha value is -2.19. The second-order valence-electron chi connectivity index (χ2n) is 11.1. The van der Waals surface area contributed by atoms with Crippen LogP contribution in [0.4, 0.5) is 5.82 Å². The van der Waals surface area contributed by atoms with Crippen molar-refractivity contribution in [3.05, 3.63) is 39.8 Å². The number of amides is 1. The number of rotatable bonds is 4. The first-order chi connectivity index (χ1) is 16.5. The number of nitrogens with one attached hydrogen (secondary N) is 1. The molecule has 4 aliphatic carbocycles. The third kappa shape index (κ3) is 3.52. The molecule has 2 aromatic rings. The van der Waals surface area contributed by atoms with E-state index < -0.39 is 0 Å². The van der Waals surface area contributed by atoms with Crippen molar-refractivity contribution in [1.29, 1.82) is 0 Å². The summed E-state index contributed by atoms with van der Waals surface area (Å²) >= 11 is 3.68. The van der Waals surface area contributed by atoms with Gasteiger partial charge in [-0.05, 0) is 80.4 Å². The second-order valence-corrected chi connectivity index (χ2v) is 11.9. The molecule has 1 N–H and O–H groups in total. The Morgan fingerprint density at radius 2 is 1.79 bits per heavy atom. The molecule has 2 aliphatic heterocycles. The topological polar surface area (TPSA) is 76.6 Å². The van der Waals surface area contributed by atoms with E-state index in [1.165, 1.54) is 19.3 Å². The van der Waals surface area contributed by atoms with Crippen LogP contribution in [0.3, 0.4) is 0 Å². The van der Waals surface area contributed by atoms with Crippen molar-refractivity contribution in [2.75, 3.05) is 18.7 Å². The van der Waals surface area contributed by atoms with Gasteiger partial charge in [0.15, 0.2) is 11.5 Å². The molecule has 0 unspecified atom stereocenters. The number of hydrogen-bond acceptors (Lipinski definition) is 6. The van der Waals surface area contributed by atoms with Crippen molar-refractivity contribution in [2.45, 2.75) is 58.0 Å². The molecule has 0 spiro atoms. The van der Waals surface area contributed by atoms with Crippen LogP contribution in [-0.4, -0.2) is 34.1 Å². The molecule has 0 radical (unpaired) electrons. The minimum absolute atomic E-state index is 0.168. The highest BCUT2D eigenvalue weighted by molar-refractivity contribution is 9.10. The minimum Gasteiger partial charge on any atom is -0.454 e. The van der Waals surface area contributed by atoms with Crippen molar-refractivity contribution >= 4 is 27.7 Å². The first-order valence-corrected chi connectivity index (χ1v) is 13.3. The summed E-state index contributed by atoms with van der Waals surface area (Å²) in [7, 11) is 0. The molecule has 4 saturated carbocycles. The lowest BCUT2D eigenvalue weighted by Crippen LogP contribution is -2.52. The number of carbonyl (C=O) groups is 1. The monoisotopic (exact) mass is 524 g/mol. The van der Waals surface area contributed by atoms with Crippen LogP contribution >= 0.6 is 15.9 Å². The Morgan fingerprint density at radius 3 is 2.53 bits per heavy atom. The van der Waals surface area contributed by atoms with Crippen LogP contribution in [-0.2, 0) is 24.3 Å². The van der Waals surface area contributed by atoms with E-state index >= 15 is 0 Å². The van der Waals surface area contributed by atoms with Crippen molar-refractivity contribution in [1.82, 2.24) is 14.9 Å². The lowest BCUT2D eigenvalue weighted by atomic mass is 9.49. The number of nitrogens with zero attached hydrogens (tertiary/aromatic N) is 3. The molecule has 1 aromatic carbocycles. The number of halogens is 1. The third-order valence-electron chi connectivity index (χ3n) is 8.77. The highest BCUT2D eigenvalue weighted by Crippen LogP contribution is 2.60. The van der Waals surface area contributed by atoms with Crippen molar-refractivity contribution in [3.8, 4) is 11.5 Å². The van der Waals surface area contributed by atoms with Gasteiger partial charge in [0.05, 0.1) is 11.1 Å². The van der Waals surface area contributed by atoms with Gasteiger partial charge in [-0.3, -0.25) is 9.69 Å². The molecular weight excluding hydrogens is 496 g/mol. The Balaban J connectivity index is 1.08. The molecule has 3 heterocycles. The number of benzene rings is 1. The van der Waals surface area contributed by atoms with E-state index in [1.807, 2.05) is 6.07 Å². The summed E-state index contributed by atoms with van der Waals surface area (Å²) < 4.78 is 12.1. The zero-order valence-corrected chi connectivity index (χ0v) is 20.8. The fourth-order valence-corrected chi connectivity index (χ4v) is 8.05. The first kappa shape index (κ1) is 21.1. The Labute approximate surface area is 207 Å². The summed E-state index contributed by atoms with van der Waals surface area (Å²) in [6.07, 6.45) is 9.64. The van der Waals surface area contributed by atoms with E-state index in [0.29, 0.717) is 0 Å². The van der Waals surface area contributed by atoms with Crippen LogP contribution < -0.4 is 14.8 Å². The largest absolute Gasteiger partial charge is 0.454 e. The summed E-state index contributed by atoms with van der Waals surface area (Å²) in [5.41, 5.74) is 3.11. The summed E-state index contributed by atoms with van der Waals surface area (Å²) in [4.78, 5) is 25.1. The fourth-order valence-electron chi connectivity index (χ4n) is 7.60. The lowest BCUT2D eigenvalue weighted by Gasteiger charge is -2.55. The molecule has 7 nitrogen and oxygen atoms in total. The third-order valence-corrected chi connectivity index (χ3v) is 9.51. The second kappa shape index (κ2) is 7.92. The molecule has 0 saturated heterocycles. The van der Waals surface area contributed by atoms with Gasteiger partial charge in [0.1, 0.15) is 12.1 Å². The van der Waals surface area contributed by atoms with Crippen LogP contribution in [0.1, 0.15) is 55.3 Å². The average Bonchev–Trinajstić information content (AvgIpc) is 3.25. The van der Waals surface area contributed by atoms with E-state index in [9.17, 15) is 4.79 Å². The Kier molecular flexibility index (Phi) is 4.92. The van der Waals surface area contributed by atoms with Gasteiger partial charge in [0.2, 0.25) is 12.7 Å². The quantitative estimate of drug-likeness (QED) is 0.625. The summed E-state index contributed by atoms with van der Waals surface area (Å²) in [5.74, 6) is 4.77. The molecular formula is C26H29BrN4O3. The molecule has 4 fully saturated rings. The first-order valence-electron chi connectivity index (χ1n) is 12.5. The van der Waals surface area contributed by atoms with Gasteiger partial charge < -0.3 is 14.8 Å². The van der Waals surface area contributed by atoms with Crippen LogP contribution in [0.15, 0.2) is 22.9 Å². The maximum Gasteiger partial charge on any atom is 0.231 e. The number of anilines is 1. The molecule has 1 amide bonds. The maximum absolute atomic E-state index is 13.6. The van der Waals surface area contributed by atoms with Crippen LogP contribution in [0.25, 0.3) is 0 Å². The van der Waals surface area contributed by atoms with Gasteiger partial charge in [-0.15, -0.1) is 0 Å². The van der Waals surface area contributed by atoms with Gasteiger partial charge in [-0.1, -0.05) is 15.9 Å². The smallest absolute Gasteiger partial charge is 0.231 e. The zero-order chi connectivity index (χ0) is 22.9. The Morgan fingerprint density at radius 1 is 1.09 bits per heavy atom. The molecule has 8 rings (SSSR count). The summed E-state index contributed by atoms with van der Waals surface area (Å²) in [5, 5.41) is 3.28. The number of fused-ring (bicyclic) bond motifs is 2. The molecule has 4 bridgehead atoms. The zero-order valence-electron chi connectivity index (χ0n) is 19.2. The molecule has 8 heteroatoms. The lowest BCUT2D eigenvalue weighted by molar-refractivity contribution is -0.140. The number of ether oxygens (including phenoxy) is 2. The van der Waals surface area contributed by atoms with Crippen molar-refractivity contribution < 1.29 is 14.3 Å². The number of carbonyl (C=O) groups excluding carboxylic acids is 1. The summed E-state index contributed by atoms with van der Waals surface area (Å²) in [6.45, 7) is 2.69. The van der Waals surface area contributed by atoms with E-state index in [4.69, 9.17) is 9.47 Å². The Bertz CT molecular complexity index is 1130. The van der Waals surface area contributed by atoms with E-state index in [2.05, 4.69) is 42.2 Å². The summed E-state index contributed by atoms with van der Waals surface area (Å²) in [6, 6.07) is 4.04. The predicted molar refractivity (Wildman–Crippen MR) is 129 cm³/mol. The standard InChI is InChI=1S/C26H29BrN4O3/c27-20-7-23-22(33-14-34-23)6-18(20)11-31-2-1-19-21(12-31)28-13-29-24(19)30-25(32)26-8-15-3-16(9-26)5-17(4-15)10-26/h6-7,13,15-17H,1-5,8-12,14H2,(H,28,29,30,32). The van der Waals surface area contributed by atoms with E-state index in [-0.39, 0.29) is 18.1 Å². The average molecular weight is 525 g/mol. The normalized spacial score (nSPS) is 30.9. The van der Waals surface area contributed by atoms with E-state index in [1.54, 1.807) is 6.33 Å². The molecule has 1 aromatic heterocycles. The molecule has 178 valence electrons. The van der Waals surface area contributed by atoms with E-state index in [0.717, 1.165) is 102 Å². The van der Waals surface area contributed by atoms with Crippen molar-refractivity contribution in [3.63, 3.8) is 0 Å².